The summed E-state index contributed by atoms with van der Waals surface area (Å²) in [7, 11) is 4.23. The molecule has 0 aromatic heterocycles. The van der Waals surface area contributed by atoms with Crippen LogP contribution in [0.1, 0.15) is 20.3 Å². The summed E-state index contributed by atoms with van der Waals surface area (Å²) < 4.78 is 0. The van der Waals surface area contributed by atoms with Gasteiger partial charge in [-0.15, -0.1) is 0 Å². The van der Waals surface area contributed by atoms with Gasteiger partial charge in [-0.3, -0.25) is 0 Å². The Balaban J connectivity index is 3.31. The number of alkyl halides is 1. The fourth-order valence-corrected chi connectivity index (χ4v) is 1.62. The van der Waals surface area contributed by atoms with E-state index in [1.165, 1.54) is 13.0 Å². The highest BCUT2D eigenvalue weighted by molar-refractivity contribution is 9.09. The van der Waals surface area contributed by atoms with Gasteiger partial charge in [-0.1, -0.05) is 22.9 Å². The highest BCUT2D eigenvalue weighted by Crippen LogP contribution is 2.05. The van der Waals surface area contributed by atoms with E-state index < -0.39 is 0 Å². The lowest BCUT2D eigenvalue weighted by atomic mass is 10.1. The molecule has 0 saturated carbocycles. The molecule has 0 aliphatic heterocycles. The summed E-state index contributed by atoms with van der Waals surface area (Å²) in [4.78, 5) is 2.22. The van der Waals surface area contributed by atoms with Gasteiger partial charge < -0.3 is 10.2 Å². The zero-order valence-electron chi connectivity index (χ0n) is 9.31. The average Bonchev–Trinajstić information content (AvgIpc) is 2.10. The summed E-state index contributed by atoms with van der Waals surface area (Å²) in [5.41, 5.74) is 0. The van der Waals surface area contributed by atoms with Crippen LogP contribution in [-0.4, -0.2) is 43.5 Å². The Morgan fingerprint density at radius 1 is 1.31 bits per heavy atom. The normalized spacial score (nSPS) is 16.2. The Labute approximate surface area is 91.2 Å². The lowest BCUT2D eigenvalue weighted by Crippen LogP contribution is -2.34. The lowest BCUT2D eigenvalue weighted by Gasteiger charge is -2.19. The molecule has 0 amide bonds. The largest absolute Gasteiger partial charge is 0.314 e. The number of hydrogen-bond donors (Lipinski definition) is 1. The second kappa shape index (κ2) is 7.77. The molecule has 0 aliphatic rings. The second-order valence-electron chi connectivity index (χ2n) is 4.03. The fraction of sp³-hybridized carbons (Fsp3) is 1.00. The van der Waals surface area contributed by atoms with Gasteiger partial charge in [0.15, 0.2) is 0 Å². The third kappa shape index (κ3) is 7.47. The highest BCUT2D eigenvalue weighted by Gasteiger charge is 2.08. The third-order valence-electron chi connectivity index (χ3n) is 2.35. The molecular weight excluding hydrogens is 228 g/mol. The van der Waals surface area contributed by atoms with E-state index in [-0.39, 0.29) is 0 Å². The number of hydrogen-bond acceptors (Lipinski definition) is 2. The first kappa shape index (κ1) is 13.4. The number of rotatable bonds is 7. The minimum Gasteiger partial charge on any atom is -0.314 e. The van der Waals surface area contributed by atoms with Crippen molar-refractivity contribution < 1.29 is 0 Å². The summed E-state index contributed by atoms with van der Waals surface area (Å²) >= 11 is 3.50. The molecule has 2 nitrogen and oxygen atoms in total. The number of nitrogens with one attached hydrogen (secondary N) is 1. The van der Waals surface area contributed by atoms with Crippen LogP contribution in [0.2, 0.25) is 0 Å². The maximum Gasteiger partial charge on any atom is 0.00723 e. The van der Waals surface area contributed by atoms with E-state index in [9.17, 15) is 0 Å². The molecule has 13 heavy (non-hydrogen) atoms. The molecule has 0 heterocycles. The molecule has 0 bridgehead atoms. The van der Waals surface area contributed by atoms with E-state index in [2.05, 4.69) is 54.1 Å². The van der Waals surface area contributed by atoms with Gasteiger partial charge in [0.2, 0.25) is 0 Å². The molecule has 3 heteroatoms. The Hall–Kier alpha value is 0.400. The first-order chi connectivity index (χ1) is 6.07. The van der Waals surface area contributed by atoms with Crippen molar-refractivity contribution in [3.63, 3.8) is 0 Å². The van der Waals surface area contributed by atoms with Crippen molar-refractivity contribution in [2.24, 2.45) is 5.92 Å². The first-order valence-electron chi connectivity index (χ1n) is 5.02. The van der Waals surface area contributed by atoms with Gasteiger partial charge in [-0.05, 0) is 46.4 Å². The number of halogens is 1. The lowest BCUT2D eigenvalue weighted by molar-refractivity contribution is 0.373. The molecule has 2 atom stereocenters. The van der Waals surface area contributed by atoms with Crippen molar-refractivity contribution in [1.29, 1.82) is 0 Å². The Morgan fingerprint density at radius 3 is 2.38 bits per heavy atom. The molecule has 0 aliphatic carbocycles. The van der Waals surface area contributed by atoms with Crippen LogP contribution in [0, 0.1) is 5.92 Å². The maximum atomic E-state index is 3.53. The molecule has 0 aromatic carbocycles. The van der Waals surface area contributed by atoms with Gasteiger partial charge >= 0.3 is 0 Å². The van der Waals surface area contributed by atoms with Crippen molar-refractivity contribution in [3.8, 4) is 0 Å². The van der Waals surface area contributed by atoms with Crippen LogP contribution in [0.3, 0.4) is 0 Å². The molecule has 1 N–H and O–H groups in total. The van der Waals surface area contributed by atoms with E-state index in [1.807, 2.05) is 0 Å². The third-order valence-corrected chi connectivity index (χ3v) is 3.37. The quantitative estimate of drug-likeness (QED) is 0.549. The molecule has 80 valence electrons. The number of nitrogens with zero attached hydrogens (tertiary/aromatic N) is 1. The van der Waals surface area contributed by atoms with E-state index in [1.54, 1.807) is 0 Å². The molecule has 0 radical (unpaired) electrons. The summed E-state index contributed by atoms with van der Waals surface area (Å²) in [6.45, 7) is 6.80. The van der Waals surface area contributed by atoms with Crippen LogP contribution in [0.4, 0.5) is 0 Å². The van der Waals surface area contributed by atoms with Gasteiger partial charge in [-0.2, -0.15) is 0 Å². The van der Waals surface area contributed by atoms with E-state index >= 15 is 0 Å². The van der Waals surface area contributed by atoms with E-state index in [4.69, 9.17) is 0 Å². The van der Waals surface area contributed by atoms with Crippen molar-refractivity contribution in [2.75, 3.05) is 32.5 Å². The monoisotopic (exact) mass is 250 g/mol. The van der Waals surface area contributed by atoms with Crippen LogP contribution in [0.15, 0.2) is 0 Å². The van der Waals surface area contributed by atoms with Crippen molar-refractivity contribution >= 4 is 15.9 Å². The zero-order valence-corrected chi connectivity index (χ0v) is 10.9. The molecule has 0 aromatic rings. The van der Waals surface area contributed by atoms with Crippen molar-refractivity contribution in [2.45, 2.75) is 26.3 Å². The van der Waals surface area contributed by atoms with E-state index in [0.717, 1.165) is 11.9 Å². The van der Waals surface area contributed by atoms with Crippen LogP contribution < -0.4 is 5.32 Å². The standard InChI is InChI=1S/C10H23BrN2/c1-9(8-11)10(2)12-6-5-7-13(3)4/h9-10,12H,5-8H2,1-4H3. The van der Waals surface area contributed by atoms with Gasteiger partial charge in [0.1, 0.15) is 0 Å². The molecule has 2 unspecified atom stereocenters. The highest BCUT2D eigenvalue weighted by atomic mass is 79.9. The van der Waals surface area contributed by atoms with Gasteiger partial charge in [0.25, 0.3) is 0 Å². The smallest absolute Gasteiger partial charge is 0.00723 e. The van der Waals surface area contributed by atoms with E-state index in [0.29, 0.717) is 12.0 Å². The van der Waals surface area contributed by atoms with Gasteiger partial charge in [0.05, 0.1) is 0 Å². The van der Waals surface area contributed by atoms with Crippen LogP contribution >= 0.6 is 15.9 Å². The van der Waals surface area contributed by atoms with Crippen LogP contribution in [-0.2, 0) is 0 Å². The Kier molecular flexibility index (Phi) is 8.01. The topological polar surface area (TPSA) is 15.3 Å². The molecule has 0 saturated heterocycles. The minimum absolute atomic E-state index is 0.613. The van der Waals surface area contributed by atoms with Crippen molar-refractivity contribution in [3.05, 3.63) is 0 Å². The zero-order chi connectivity index (χ0) is 10.3. The molecular formula is C10H23BrN2. The predicted octanol–water partition coefficient (Wildman–Crippen LogP) is 1.95. The Morgan fingerprint density at radius 2 is 1.92 bits per heavy atom. The van der Waals surface area contributed by atoms with Gasteiger partial charge in [0, 0.05) is 11.4 Å². The summed E-state index contributed by atoms with van der Waals surface area (Å²) in [6, 6.07) is 0.613. The summed E-state index contributed by atoms with van der Waals surface area (Å²) in [5.74, 6) is 0.708. The van der Waals surface area contributed by atoms with Gasteiger partial charge in [-0.25, -0.2) is 0 Å². The fourth-order valence-electron chi connectivity index (χ4n) is 1.06. The SMILES string of the molecule is CC(CBr)C(C)NCCCN(C)C. The minimum atomic E-state index is 0.613. The Bertz CT molecular complexity index is 117. The average molecular weight is 251 g/mol. The maximum absolute atomic E-state index is 3.53. The van der Waals surface area contributed by atoms with Crippen LogP contribution in [0.5, 0.6) is 0 Å². The summed E-state index contributed by atoms with van der Waals surface area (Å²) in [6.07, 6.45) is 1.23. The molecule has 0 rings (SSSR count). The van der Waals surface area contributed by atoms with Crippen molar-refractivity contribution in [1.82, 2.24) is 10.2 Å². The molecule has 0 spiro atoms. The van der Waals surface area contributed by atoms with Crippen LogP contribution in [0.25, 0.3) is 0 Å². The second-order valence-corrected chi connectivity index (χ2v) is 4.68. The summed E-state index contributed by atoms with van der Waals surface area (Å²) in [5, 5.41) is 4.61. The molecule has 0 fully saturated rings. The predicted molar refractivity (Wildman–Crippen MR) is 63.6 cm³/mol. The first-order valence-corrected chi connectivity index (χ1v) is 6.14.